The Morgan fingerprint density at radius 3 is 2.08 bits per heavy atom. The Morgan fingerprint density at radius 1 is 0.925 bits per heavy atom. The predicted octanol–water partition coefficient (Wildman–Crippen LogP) is 4.38. The molecular weight excluding hydrogens is 556 g/mol. The van der Waals surface area contributed by atoms with Crippen molar-refractivity contribution in [1.29, 1.82) is 0 Å². The maximum atomic E-state index is 10.6. The fraction of sp³-hybridized carbons (Fsp3) is 0.174. The number of alkyl halides is 6. The summed E-state index contributed by atoms with van der Waals surface area (Å²) in [6, 6.07) is 13.4. The van der Waals surface area contributed by atoms with Crippen molar-refractivity contribution < 1.29 is 55.6 Å². The second-order valence-electron chi connectivity index (χ2n) is 7.66. The van der Waals surface area contributed by atoms with E-state index in [-0.39, 0.29) is 0 Å². The van der Waals surface area contributed by atoms with Gasteiger partial charge in [0.15, 0.2) is 23.4 Å². The van der Waals surface area contributed by atoms with Crippen molar-refractivity contribution in [1.82, 2.24) is 20.2 Å². The fourth-order valence-electron chi connectivity index (χ4n) is 3.05. The second kappa shape index (κ2) is 11.7. The minimum atomic E-state index is -5.08. The lowest BCUT2D eigenvalue weighted by Crippen LogP contribution is -2.23. The Hall–Kier alpha value is -5.09. The smallest absolute Gasteiger partial charge is 0.485 e. The minimum Gasteiger partial charge on any atom is -0.485 e. The third-order valence-electron chi connectivity index (χ3n) is 4.86. The zero-order valence-corrected chi connectivity index (χ0v) is 19.7. The Balaban J connectivity index is 0.000000263. The summed E-state index contributed by atoms with van der Waals surface area (Å²) in [6.07, 6.45) is -6.97. The first-order valence-corrected chi connectivity index (χ1v) is 10.7. The normalized spacial score (nSPS) is 14.3. The molecule has 0 saturated carbocycles. The number of carboxylic acid groups (broad SMARTS) is 2. The van der Waals surface area contributed by atoms with Crippen LogP contribution in [0.1, 0.15) is 11.9 Å². The van der Waals surface area contributed by atoms with Gasteiger partial charge in [-0.05, 0) is 29.8 Å². The number of hydrogen-bond acceptors (Lipinski definition) is 8. The fourth-order valence-corrected chi connectivity index (χ4v) is 3.05. The average Bonchev–Trinajstić information content (AvgIpc) is 3.43. The quantitative estimate of drug-likeness (QED) is 0.252. The van der Waals surface area contributed by atoms with Crippen LogP contribution >= 0.6 is 0 Å². The highest BCUT2D eigenvalue weighted by Gasteiger charge is 2.38. The number of carbonyl (C=O) groups is 2. The molecule has 17 heteroatoms. The van der Waals surface area contributed by atoms with Gasteiger partial charge in [-0.15, -0.1) is 0 Å². The number of aliphatic carboxylic acids is 2. The van der Waals surface area contributed by atoms with E-state index in [0.29, 0.717) is 24.0 Å². The third-order valence-corrected chi connectivity index (χ3v) is 4.86. The molecule has 4 aromatic rings. The van der Waals surface area contributed by atoms with Gasteiger partial charge in [-0.3, -0.25) is 5.10 Å². The van der Waals surface area contributed by atoms with E-state index in [1.165, 1.54) is 0 Å². The molecule has 2 aromatic carbocycles. The highest BCUT2D eigenvalue weighted by atomic mass is 19.4. The number of anilines is 1. The summed E-state index contributed by atoms with van der Waals surface area (Å²) in [4.78, 5) is 26.9. The monoisotopic (exact) mass is 573 g/mol. The number of hydrogen-bond donors (Lipinski definition) is 4. The van der Waals surface area contributed by atoms with E-state index in [9.17, 15) is 26.3 Å². The molecule has 0 spiro atoms. The second-order valence-corrected chi connectivity index (χ2v) is 7.66. The molecule has 1 atom stereocenters. The van der Waals surface area contributed by atoms with E-state index in [4.69, 9.17) is 35.0 Å². The molecule has 5 N–H and O–H groups in total. The Labute approximate surface area is 219 Å². The summed E-state index contributed by atoms with van der Waals surface area (Å²) in [7, 11) is 0. The standard InChI is InChI=1S/C19H15N5O2.2C2HF3O2/c20-18-13-7-11(12-8-21-22-9-12)5-6-14(13)23-19(24-18)17-10-25-15-3-1-2-4-16(15)26-17;2*3-2(4,5)1(6)7/h1-9,17H,10H2,(H,21,22)(H2,20,23,24);2*(H,6,7). The van der Waals surface area contributed by atoms with Crippen molar-refractivity contribution in [2.75, 3.05) is 12.3 Å². The van der Waals surface area contributed by atoms with E-state index in [1.54, 1.807) is 6.20 Å². The summed E-state index contributed by atoms with van der Waals surface area (Å²) < 4.78 is 75.2. The maximum Gasteiger partial charge on any atom is 0.490 e. The van der Waals surface area contributed by atoms with Crippen LogP contribution in [0, 0.1) is 0 Å². The van der Waals surface area contributed by atoms with E-state index in [2.05, 4.69) is 20.2 Å². The lowest BCUT2D eigenvalue weighted by molar-refractivity contribution is -0.193. The third kappa shape index (κ3) is 7.49. The molecule has 40 heavy (non-hydrogen) atoms. The molecule has 0 bridgehead atoms. The van der Waals surface area contributed by atoms with Crippen molar-refractivity contribution >= 4 is 28.7 Å². The van der Waals surface area contributed by atoms with E-state index in [0.717, 1.165) is 27.8 Å². The van der Waals surface area contributed by atoms with Crippen LogP contribution in [0.2, 0.25) is 0 Å². The summed E-state index contributed by atoms with van der Waals surface area (Å²) >= 11 is 0. The molecule has 0 amide bonds. The largest absolute Gasteiger partial charge is 0.490 e. The number of halogens is 6. The number of aromatic amines is 1. The number of nitrogens with two attached hydrogens (primary N) is 1. The predicted molar refractivity (Wildman–Crippen MR) is 124 cm³/mol. The van der Waals surface area contributed by atoms with Crippen molar-refractivity contribution in [2.45, 2.75) is 18.5 Å². The molecule has 0 saturated heterocycles. The van der Waals surface area contributed by atoms with Crippen LogP contribution in [0.3, 0.4) is 0 Å². The molecule has 1 aliphatic heterocycles. The summed E-state index contributed by atoms with van der Waals surface area (Å²) in [6.45, 7) is 0.342. The molecule has 1 aliphatic rings. The molecule has 2 aromatic heterocycles. The first-order chi connectivity index (χ1) is 18.7. The van der Waals surface area contributed by atoms with Gasteiger partial charge in [-0.2, -0.15) is 31.4 Å². The maximum absolute atomic E-state index is 10.6. The first kappa shape index (κ1) is 29.5. The Kier molecular flexibility index (Phi) is 8.65. The summed E-state index contributed by atoms with van der Waals surface area (Å²) in [5.74, 6) is -3.18. The minimum absolute atomic E-state index is 0.342. The zero-order chi connectivity index (χ0) is 29.7. The molecule has 3 heterocycles. The van der Waals surface area contributed by atoms with Gasteiger partial charge in [-0.25, -0.2) is 19.6 Å². The average molecular weight is 573 g/mol. The molecular formula is C23H17F6N5O6. The van der Waals surface area contributed by atoms with Gasteiger partial charge >= 0.3 is 24.3 Å². The highest BCUT2D eigenvalue weighted by molar-refractivity contribution is 5.91. The Bertz CT molecular complexity index is 1470. The number of rotatable bonds is 2. The number of fused-ring (bicyclic) bond motifs is 2. The lowest BCUT2D eigenvalue weighted by Gasteiger charge is -2.25. The van der Waals surface area contributed by atoms with E-state index >= 15 is 0 Å². The van der Waals surface area contributed by atoms with Crippen LogP contribution in [0.4, 0.5) is 32.2 Å². The van der Waals surface area contributed by atoms with Crippen LogP contribution < -0.4 is 15.2 Å². The number of para-hydroxylation sites is 2. The number of nitrogen functional groups attached to an aromatic ring is 1. The van der Waals surface area contributed by atoms with Crippen molar-refractivity contribution in [3.8, 4) is 22.6 Å². The van der Waals surface area contributed by atoms with Crippen molar-refractivity contribution in [2.24, 2.45) is 0 Å². The van der Waals surface area contributed by atoms with Crippen LogP contribution in [-0.2, 0) is 9.59 Å². The number of ether oxygens (including phenoxy) is 2. The summed E-state index contributed by atoms with van der Waals surface area (Å²) in [5.41, 5.74) is 8.96. The number of benzene rings is 2. The molecule has 5 rings (SSSR count). The first-order valence-electron chi connectivity index (χ1n) is 10.7. The van der Waals surface area contributed by atoms with Crippen LogP contribution in [-0.4, -0.2) is 61.3 Å². The van der Waals surface area contributed by atoms with Gasteiger partial charge in [0.05, 0.1) is 11.7 Å². The summed E-state index contributed by atoms with van der Waals surface area (Å²) in [5, 5.41) is 21.8. The lowest BCUT2D eigenvalue weighted by atomic mass is 10.1. The number of aromatic nitrogens is 4. The molecule has 212 valence electrons. The molecule has 11 nitrogen and oxygen atoms in total. The number of nitrogens with one attached hydrogen (secondary N) is 1. The molecule has 0 radical (unpaired) electrons. The van der Waals surface area contributed by atoms with Crippen molar-refractivity contribution in [3.63, 3.8) is 0 Å². The van der Waals surface area contributed by atoms with E-state index in [1.807, 2.05) is 48.7 Å². The van der Waals surface area contributed by atoms with E-state index < -0.39 is 30.4 Å². The van der Waals surface area contributed by atoms with Crippen LogP contribution in [0.15, 0.2) is 54.9 Å². The molecule has 0 fully saturated rings. The SMILES string of the molecule is Nc1nc(C2COc3ccccc3O2)nc2ccc(-c3cn[nH]c3)cc12.O=C(O)C(F)(F)F.O=C(O)C(F)(F)F. The van der Waals surface area contributed by atoms with Gasteiger partial charge in [0.25, 0.3) is 0 Å². The Morgan fingerprint density at radius 2 is 1.52 bits per heavy atom. The van der Waals surface area contributed by atoms with Gasteiger partial charge in [0, 0.05) is 17.1 Å². The topological polar surface area (TPSA) is 174 Å². The zero-order valence-electron chi connectivity index (χ0n) is 19.7. The van der Waals surface area contributed by atoms with Gasteiger partial charge in [0.1, 0.15) is 12.4 Å². The molecule has 0 aliphatic carbocycles. The number of carboxylic acids is 2. The van der Waals surface area contributed by atoms with Gasteiger partial charge in [-0.1, -0.05) is 18.2 Å². The van der Waals surface area contributed by atoms with Crippen LogP contribution in [0.25, 0.3) is 22.0 Å². The molecule has 1 unspecified atom stereocenters. The van der Waals surface area contributed by atoms with Gasteiger partial charge in [0.2, 0.25) is 0 Å². The highest BCUT2D eigenvalue weighted by Crippen LogP contribution is 2.36. The number of nitrogens with zero attached hydrogens (tertiary/aromatic N) is 3. The number of H-pyrrole nitrogens is 1. The van der Waals surface area contributed by atoms with Crippen molar-refractivity contribution in [3.05, 3.63) is 60.7 Å². The van der Waals surface area contributed by atoms with Gasteiger partial charge < -0.3 is 25.4 Å². The van der Waals surface area contributed by atoms with Crippen LogP contribution in [0.5, 0.6) is 11.5 Å².